The number of esters is 1. The maximum atomic E-state index is 12.6. The van der Waals surface area contributed by atoms with Gasteiger partial charge in [-0.2, -0.15) is 5.10 Å². The average molecular weight is 375 g/mol. The second-order valence-corrected chi connectivity index (χ2v) is 5.39. The molecule has 0 fully saturated rings. The molecule has 0 spiro atoms. The molecule has 1 N–H and O–H groups in total. The SMILES string of the molecule is COC(=O)C(=O)C(=NNc1ccc(Cl)cc1)C(=O)c1ccc(OC)cc1. The van der Waals surface area contributed by atoms with Crippen LogP contribution < -0.4 is 10.2 Å². The van der Waals surface area contributed by atoms with E-state index < -0.39 is 23.2 Å². The van der Waals surface area contributed by atoms with Crippen molar-refractivity contribution in [1.82, 2.24) is 0 Å². The molecule has 0 heterocycles. The zero-order valence-corrected chi connectivity index (χ0v) is 14.7. The Labute approximate surface area is 154 Å². The third kappa shape index (κ3) is 4.67. The number of hydrazone groups is 1. The molecule has 134 valence electrons. The topological polar surface area (TPSA) is 94.1 Å². The number of rotatable bonds is 7. The van der Waals surface area contributed by atoms with E-state index in [9.17, 15) is 14.4 Å². The minimum atomic E-state index is -1.19. The smallest absolute Gasteiger partial charge is 0.381 e. The zero-order chi connectivity index (χ0) is 19.1. The van der Waals surface area contributed by atoms with Crippen LogP contribution in [-0.2, 0) is 14.3 Å². The van der Waals surface area contributed by atoms with Gasteiger partial charge in [0.2, 0.25) is 5.78 Å². The summed E-state index contributed by atoms with van der Waals surface area (Å²) in [5.74, 6) is -2.54. The number of anilines is 1. The third-order valence-electron chi connectivity index (χ3n) is 3.29. The number of hydrogen-bond donors (Lipinski definition) is 1. The first-order chi connectivity index (χ1) is 12.5. The minimum absolute atomic E-state index is 0.166. The highest BCUT2D eigenvalue weighted by atomic mass is 35.5. The van der Waals surface area contributed by atoms with E-state index in [0.717, 1.165) is 7.11 Å². The second kappa shape index (κ2) is 8.77. The van der Waals surface area contributed by atoms with Crippen LogP contribution >= 0.6 is 11.6 Å². The van der Waals surface area contributed by atoms with E-state index in [4.69, 9.17) is 16.3 Å². The summed E-state index contributed by atoms with van der Waals surface area (Å²) in [6.45, 7) is 0. The minimum Gasteiger partial charge on any atom is -0.497 e. The lowest BCUT2D eigenvalue weighted by Crippen LogP contribution is -2.32. The lowest BCUT2D eigenvalue weighted by molar-refractivity contribution is -0.148. The van der Waals surface area contributed by atoms with Crippen molar-refractivity contribution in [2.45, 2.75) is 0 Å². The summed E-state index contributed by atoms with van der Waals surface area (Å²) >= 11 is 5.80. The molecule has 0 saturated carbocycles. The molecule has 0 aliphatic heterocycles. The highest BCUT2D eigenvalue weighted by Crippen LogP contribution is 2.15. The van der Waals surface area contributed by atoms with Crippen molar-refractivity contribution in [3.05, 3.63) is 59.1 Å². The normalized spacial score (nSPS) is 10.8. The first-order valence-corrected chi connectivity index (χ1v) is 7.74. The summed E-state index contributed by atoms with van der Waals surface area (Å²) in [6, 6.07) is 12.4. The van der Waals surface area contributed by atoms with Crippen molar-refractivity contribution in [3.63, 3.8) is 0 Å². The molecule has 0 saturated heterocycles. The standard InChI is InChI=1S/C18H15ClN2O5/c1-25-14-9-3-11(4-10-14)16(22)15(17(23)18(24)26-2)21-20-13-7-5-12(19)6-8-13/h3-10,20H,1-2H3. The fourth-order valence-corrected chi connectivity index (χ4v) is 2.04. The molecular weight excluding hydrogens is 360 g/mol. The Hall–Kier alpha value is -3.19. The Bertz CT molecular complexity index is 845. The lowest BCUT2D eigenvalue weighted by Gasteiger charge is -2.07. The molecule has 0 aliphatic rings. The summed E-state index contributed by atoms with van der Waals surface area (Å²) < 4.78 is 9.42. The van der Waals surface area contributed by atoms with E-state index in [1.807, 2.05) is 0 Å². The van der Waals surface area contributed by atoms with Crippen LogP contribution in [0.1, 0.15) is 10.4 Å². The molecular formula is C18H15ClN2O5. The average Bonchev–Trinajstić information content (AvgIpc) is 2.68. The largest absolute Gasteiger partial charge is 0.497 e. The van der Waals surface area contributed by atoms with Gasteiger partial charge in [-0.15, -0.1) is 0 Å². The fourth-order valence-electron chi connectivity index (χ4n) is 1.92. The van der Waals surface area contributed by atoms with E-state index in [-0.39, 0.29) is 5.56 Å². The number of ketones is 2. The van der Waals surface area contributed by atoms with Crippen molar-refractivity contribution in [1.29, 1.82) is 0 Å². The molecule has 0 unspecified atom stereocenters. The highest BCUT2D eigenvalue weighted by Gasteiger charge is 2.29. The van der Waals surface area contributed by atoms with Gasteiger partial charge in [-0.1, -0.05) is 11.6 Å². The van der Waals surface area contributed by atoms with E-state index in [1.165, 1.54) is 19.2 Å². The first-order valence-electron chi connectivity index (χ1n) is 7.37. The van der Waals surface area contributed by atoms with Gasteiger partial charge in [0.15, 0.2) is 5.71 Å². The second-order valence-electron chi connectivity index (χ2n) is 4.96. The number of ether oxygens (including phenoxy) is 2. The van der Waals surface area contributed by atoms with Crippen LogP contribution in [0, 0.1) is 0 Å². The maximum absolute atomic E-state index is 12.6. The number of carbonyl (C=O) groups excluding carboxylic acids is 3. The number of halogens is 1. The van der Waals surface area contributed by atoms with Gasteiger partial charge in [0, 0.05) is 10.6 Å². The third-order valence-corrected chi connectivity index (χ3v) is 3.55. The van der Waals surface area contributed by atoms with Crippen LogP contribution in [0.25, 0.3) is 0 Å². The number of methoxy groups -OCH3 is 2. The molecule has 0 aromatic heterocycles. The quantitative estimate of drug-likeness (QED) is 0.200. The van der Waals surface area contributed by atoms with Gasteiger partial charge >= 0.3 is 5.97 Å². The van der Waals surface area contributed by atoms with E-state index in [2.05, 4.69) is 15.3 Å². The summed E-state index contributed by atoms with van der Waals surface area (Å²) in [5.41, 5.74) is 2.61. The van der Waals surface area contributed by atoms with Crippen molar-refractivity contribution >= 4 is 40.5 Å². The van der Waals surface area contributed by atoms with Crippen molar-refractivity contribution in [3.8, 4) is 5.75 Å². The summed E-state index contributed by atoms with van der Waals surface area (Å²) in [5, 5.41) is 4.32. The van der Waals surface area contributed by atoms with E-state index in [1.54, 1.807) is 36.4 Å². The Morgan fingerprint density at radius 1 is 0.962 bits per heavy atom. The molecule has 2 aromatic carbocycles. The van der Waals surface area contributed by atoms with E-state index >= 15 is 0 Å². The van der Waals surface area contributed by atoms with Crippen molar-refractivity contribution < 1.29 is 23.9 Å². The number of benzene rings is 2. The van der Waals surface area contributed by atoms with Crippen LogP contribution in [0.3, 0.4) is 0 Å². The van der Waals surface area contributed by atoms with Crippen LogP contribution in [0.15, 0.2) is 53.6 Å². The van der Waals surface area contributed by atoms with Crippen LogP contribution in [0.5, 0.6) is 5.75 Å². The van der Waals surface area contributed by atoms with Crippen LogP contribution in [0.2, 0.25) is 5.02 Å². The van der Waals surface area contributed by atoms with Gasteiger partial charge < -0.3 is 9.47 Å². The molecule has 8 heteroatoms. The first kappa shape index (κ1) is 19.1. The van der Waals surface area contributed by atoms with Gasteiger partial charge in [-0.25, -0.2) is 4.79 Å². The van der Waals surface area contributed by atoms with Gasteiger partial charge in [0.1, 0.15) is 5.75 Å². The number of nitrogens with zero attached hydrogens (tertiary/aromatic N) is 1. The molecule has 2 rings (SSSR count). The Morgan fingerprint density at radius 3 is 2.12 bits per heavy atom. The molecule has 0 radical (unpaired) electrons. The predicted molar refractivity (Wildman–Crippen MR) is 96.9 cm³/mol. The molecule has 0 bridgehead atoms. The molecule has 0 amide bonds. The molecule has 0 aliphatic carbocycles. The van der Waals surface area contributed by atoms with Gasteiger partial charge in [-0.05, 0) is 48.5 Å². The van der Waals surface area contributed by atoms with Crippen LogP contribution in [-0.4, -0.2) is 37.5 Å². The predicted octanol–water partition coefficient (Wildman–Crippen LogP) is 2.74. The number of Topliss-reactive ketones (excluding diaryl/α,β-unsaturated/α-hetero) is 2. The fraction of sp³-hybridized carbons (Fsp3) is 0.111. The van der Waals surface area contributed by atoms with Gasteiger partial charge in [0.25, 0.3) is 5.78 Å². The monoisotopic (exact) mass is 374 g/mol. The van der Waals surface area contributed by atoms with Gasteiger partial charge in [-0.3, -0.25) is 15.0 Å². The maximum Gasteiger partial charge on any atom is 0.381 e. The Balaban J connectivity index is 2.34. The number of carbonyl (C=O) groups is 3. The molecule has 2 aromatic rings. The summed E-state index contributed by atoms with van der Waals surface area (Å²) in [7, 11) is 2.53. The van der Waals surface area contributed by atoms with Crippen LogP contribution in [0.4, 0.5) is 5.69 Å². The Kier molecular flexibility index (Phi) is 6.46. The summed E-state index contributed by atoms with van der Waals surface area (Å²) in [6.07, 6.45) is 0. The lowest BCUT2D eigenvalue weighted by atomic mass is 10.0. The summed E-state index contributed by atoms with van der Waals surface area (Å²) in [4.78, 5) is 36.4. The number of nitrogens with one attached hydrogen (secondary N) is 1. The zero-order valence-electron chi connectivity index (χ0n) is 14.0. The van der Waals surface area contributed by atoms with Crippen molar-refractivity contribution in [2.24, 2.45) is 5.10 Å². The molecule has 0 atom stereocenters. The molecule has 7 nitrogen and oxygen atoms in total. The Morgan fingerprint density at radius 2 is 1.58 bits per heavy atom. The number of hydrogen-bond acceptors (Lipinski definition) is 7. The van der Waals surface area contributed by atoms with Gasteiger partial charge in [0.05, 0.1) is 19.9 Å². The molecule has 26 heavy (non-hydrogen) atoms. The van der Waals surface area contributed by atoms with E-state index in [0.29, 0.717) is 16.5 Å². The highest BCUT2D eigenvalue weighted by molar-refractivity contribution is 6.80. The van der Waals surface area contributed by atoms with Crippen molar-refractivity contribution in [2.75, 3.05) is 19.6 Å².